The van der Waals surface area contributed by atoms with Gasteiger partial charge in [0.05, 0.1) is 28.4 Å². The van der Waals surface area contributed by atoms with Crippen molar-refractivity contribution in [3.8, 4) is 11.4 Å². The number of carbonyl (C=O) groups is 2. The molecule has 0 spiro atoms. The Morgan fingerprint density at radius 3 is 2.47 bits per heavy atom. The Bertz CT molecular complexity index is 1220. The zero-order valence-electron chi connectivity index (χ0n) is 16.6. The van der Waals surface area contributed by atoms with E-state index in [-0.39, 0.29) is 28.8 Å². The van der Waals surface area contributed by atoms with E-state index in [1.807, 2.05) is 0 Å². The normalized spacial score (nSPS) is 10.5. The Morgan fingerprint density at radius 2 is 1.81 bits per heavy atom. The molecule has 2 aromatic carbocycles. The number of ether oxygens (including phenoxy) is 2. The summed E-state index contributed by atoms with van der Waals surface area (Å²) in [5.41, 5.74) is -0.378. The van der Waals surface area contributed by atoms with Crippen molar-refractivity contribution >= 4 is 40.8 Å². The smallest absolute Gasteiger partial charge is 0.362 e. The number of hydrogen-bond donors (Lipinski definition) is 1. The molecule has 3 aromatic rings. The predicted octanol–water partition coefficient (Wildman–Crippen LogP) is 3.87. The summed E-state index contributed by atoms with van der Waals surface area (Å²) in [4.78, 5) is 37.1. The van der Waals surface area contributed by atoms with E-state index in [0.717, 1.165) is 22.9 Å². The topological polar surface area (TPSA) is 99.5 Å². The third kappa shape index (κ3) is 5.63. The van der Waals surface area contributed by atoms with Gasteiger partial charge in [0.1, 0.15) is 5.82 Å². The van der Waals surface area contributed by atoms with E-state index in [1.165, 1.54) is 24.3 Å². The maximum absolute atomic E-state index is 13.2. The summed E-state index contributed by atoms with van der Waals surface area (Å²) in [6.45, 7) is 1.11. The number of carbonyl (C=O) groups excluding carboxylic acids is 2. The third-order valence-corrected chi connectivity index (χ3v) is 4.74. The van der Waals surface area contributed by atoms with E-state index < -0.39 is 29.9 Å². The molecule has 0 aliphatic rings. The van der Waals surface area contributed by atoms with Crippen LogP contribution in [0.3, 0.4) is 0 Å². The van der Waals surface area contributed by atoms with Crippen molar-refractivity contribution in [2.45, 2.75) is 6.92 Å². The minimum Gasteiger partial charge on any atom is -0.481 e. The van der Waals surface area contributed by atoms with Gasteiger partial charge in [-0.15, -0.1) is 0 Å². The van der Waals surface area contributed by atoms with Gasteiger partial charge in [0, 0.05) is 5.69 Å². The van der Waals surface area contributed by atoms with Crippen molar-refractivity contribution in [1.82, 2.24) is 9.78 Å². The molecule has 0 aliphatic heterocycles. The van der Waals surface area contributed by atoms with Gasteiger partial charge in [0.2, 0.25) is 5.69 Å². The minimum absolute atomic E-state index is 0.0490. The maximum Gasteiger partial charge on any atom is 0.362 e. The number of esters is 1. The van der Waals surface area contributed by atoms with Crippen molar-refractivity contribution in [3.63, 3.8) is 0 Å². The van der Waals surface area contributed by atoms with Gasteiger partial charge >= 0.3 is 5.97 Å². The third-order valence-electron chi connectivity index (χ3n) is 4.00. The fourth-order valence-electron chi connectivity index (χ4n) is 2.57. The van der Waals surface area contributed by atoms with Gasteiger partial charge in [0.15, 0.2) is 12.4 Å². The zero-order chi connectivity index (χ0) is 23.3. The van der Waals surface area contributed by atoms with Crippen molar-refractivity contribution in [2.75, 3.05) is 18.5 Å². The molecular weight excluding hydrogens is 464 g/mol. The van der Waals surface area contributed by atoms with Crippen LogP contribution in [0.5, 0.6) is 5.75 Å². The highest BCUT2D eigenvalue weighted by atomic mass is 35.5. The van der Waals surface area contributed by atoms with Crippen LogP contribution < -0.4 is 15.6 Å². The lowest BCUT2D eigenvalue weighted by Crippen LogP contribution is -2.27. The molecule has 1 amide bonds. The van der Waals surface area contributed by atoms with Crippen LogP contribution in [0, 0.1) is 5.82 Å². The molecule has 0 unspecified atom stereocenters. The average Bonchev–Trinajstić information content (AvgIpc) is 2.76. The summed E-state index contributed by atoms with van der Waals surface area (Å²) >= 11 is 11.8. The van der Waals surface area contributed by atoms with Gasteiger partial charge in [-0.1, -0.05) is 23.2 Å². The van der Waals surface area contributed by atoms with Crippen molar-refractivity contribution in [1.29, 1.82) is 0 Å². The van der Waals surface area contributed by atoms with Crippen LogP contribution in [0.25, 0.3) is 5.69 Å². The molecule has 0 radical (unpaired) electrons. The molecule has 0 bridgehead atoms. The van der Waals surface area contributed by atoms with Gasteiger partial charge in [-0.25, -0.2) is 9.18 Å². The molecule has 0 saturated heterocycles. The van der Waals surface area contributed by atoms with Crippen LogP contribution in [0.1, 0.15) is 17.4 Å². The van der Waals surface area contributed by atoms with Crippen LogP contribution in [0.4, 0.5) is 10.1 Å². The van der Waals surface area contributed by atoms with Gasteiger partial charge in [-0.05, 0) is 49.4 Å². The Morgan fingerprint density at radius 1 is 1.09 bits per heavy atom. The summed E-state index contributed by atoms with van der Waals surface area (Å²) in [5, 5.41) is 7.12. The molecule has 1 N–H and O–H groups in total. The van der Waals surface area contributed by atoms with Crippen LogP contribution in [0.15, 0.2) is 53.3 Å². The number of benzene rings is 2. The fourth-order valence-corrected chi connectivity index (χ4v) is 2.87. The summed E-state index contributed by atoms with van der Waals surface area (Å²) in [7, 11) is 0. The van der Waals surface area contributed by atoms with Crippen LogP contribution in [0.2, 0.25) is 10.0 Å². The predicted molar refractivity (Wildman–Crippen MR) is 116 cm³/mol. The van der Waals surface area contributed by atoms with E-state index in [9.17, 15) is 18.8 Å². The molecule has 0 aliphatic carbocycles. The number of halogens is 3. The molecule has 3 rings (SSSR count). The first-order chi connectivity index (χ1) is 15.3. The molecule has 166 valence electrons. The summed E-state index contributed by atoms with van der Waals surface area (Å²) in [6.07, 6.45) is 0. The first-order valence-electron chi connectivity index (χ1n) is 9.23. The highest BCUT2D eigenvalue weighted by Crippen LogP contribution is 2.25. The lowest BCUT2D eigenvalue weighted by molar-refractivity contribution is -0.118. The second-order valence-electron chi connectivity index (χ2n) is 6.27. The number of aromatic nitrogens is 2. The number of hydrogen-bond acceptors (Lipinski definition) is 6. The lowest BCUT2D eigenvalue weighted by atomic mass is 10.3. The number of nitrogens with one attached hydrogen (secondary N) is 1. The Hall–Kier alpha value is -3.43. The molecule has 11 heteroatoms. The van der Waals surface area contributed by atoms with Crippen molar-refractivity contribution in [3.05, 3.63) is 80.4 Å². The summed E-state index contributed by atoms with van der Waals surface area (Å²) in [5.74, 6) is -2.18. The van der Waals surface area contributed by atoms with Crippen molar-refractivity contribution in [2.24, 2.45) is 0 Å². The number of amides is 1. The highest BCUT2D eigenvalue weighted by molar-refractivity contribution is 6.42. The first-order valence-corrected chi connectivity index (χ1v) is 9.99. The fraction of sp³-hybridized carbons (Fsp3) is 0.143. The van der Waals surface area contributed by atoms with E-state index in [2.05, 4.69) is 10.4 Å². The average molecular weight is 480 g/mol. The Kier molecular flexibility index (Phi) is 7.45. The van der Waals surface area contributed by atoms with Gasteiger partial charge in [0.25, 0.3) is 11.5 Å². The standard InChI is InChI=1S/C21H16Cl2FN3O5/c1-2-31-21(30)20-17(10-19(29)27(26-20)14-6-3-12(24)4-7-14)32-11-18(28)25-13-5-8-15(22)16(23)9-13/h3-10H,2,11H2,1H3,(H,25,28). The quantitative estimate of drug-likeness (QED) is 0.516. The van der Waals surface area contributed by atoms with Crippen LogP contribution >= 0.6 is 23.2 Å². The van der Waals surface area contributed by atoms with Crippen LogP contribution in [-0.4, -0.2) is 34.9 Å². The number of nitrogens with zero attached hydrogens (tertiary/aromatic N) is 2. The second-order valence-corrected chi connectivity index (χ2v) is 7.08. The van der Waals surface area contributed by atoms with Crippen LogP contribution in [-0.2, 0) is 9.53 Å². The lowest BCUT2D eigenvalue weighted by Gasteiger charge is -2.13. The molecular formula is C21H16Cl2FN3O5. The molecule has 0 fully saturated rings. The molecule has 0 atom stereocenters. The Balaban J connectivity index is 1.84. The maximum atomic E-state index is 13.2. The van der Waals surface area contributed by atoms with E-state index in [0.29, 0.717) is 10.7 Å². The molecule has 1 heterocycles. The Labute approximate surface area is 191 Å². The van der Waals surface area contributed by atoms with E-state index in [4.69, 9.17) is 32.7 Å². The molecule has 8 nitrogen and oxygen atoms in total. The van der Waals surface area contributed by atoms with E-state index >= 15 is 0 Å². The molecule has 32 heavy (non-hydrogen) atoms. The number of anilines is 1. The molecule has 1 aromatic heterocycles. The van der Waals surface area contributed by atoms with E-state index in [1.54, 1.807) is 13.0 Å². The monoisotopic (exact) mass is 479 g/mol. The second kappa shape index (κ2) is 10.3. The van der Waals surface area contributed by atoms with Gasteiger partial charge in [-0.3, -0.25) is 9.59 Å². The van der Waals surface area contributed by atoms with Crippen molar-refractivity contribution < 1.29 is 23.5 Å². The first kappa shape index (κ1) is 23.2. The SMILES string of the molecule is CCOC(=O)c1nn(-c2ccc(F)cc2)c(=O)cc1OCC(=O)Nc1ccc(Cl)c(Cl)c1. The minimum atomic E-state index is -0.858. The number of rotatable bonds is 7. The summed E-state index contributed by atoms with van der Waals surface area (Å²) < 4.78 is 24.4. The molecule has 0 saturated carbocycles. The highest BCUT2D eigenvalue weighted by Gasteiger charge is 2.20. The van der Waals surface area contributed by atoms with Gasteiger partial charge in [-0.2, -0.15) is 9.78 Å². The summed E-state index contributed by atoms with van der Waals surface area (Å²) in [6, 6.07) is 10.4. The largest absolute Gasteiger partial charge is 0.481 e. The van der Waals surface area contributed by atoms with Gasteiger partial charge < -0.3 is 14.8 Å². The zero-order valence-corrected chi connectivity index (χ0v) is 18.1.